The normalized spacial score (nSPS) is 11.9. The molecular weight excluding hydrogens is 546 g/mol. The number of hydrogen-bond acceptors (Lipinski definition) is 1. The molecule has 0 aliphatic rings. The molecule has 0 fully saturated rings. The Hall–Kier alpha value is -6.06. The summed E-state index contributed by atoms with van der Waals surface area (Å²) in [5.74, 6) is 0.460. The van der Waals surface area contributed by atoms with Gasteiger partial charge in [-0.2, -0.15) is 0 Å². The minimum Gasteiger partial charge on any atom is -0.383 e. The summed E-state index contributed by atoms with van der Waals surface area (Å²) in [7, 11) is 0. The van der Waals surface area contributed by atoms with Crippen molar-refractivity contribution in [2.75, 3.05) is 0 Å². The van der Waals surface area contributed by atoms with Crippen LogP contribution in [0.25, 0.3) is 65.3 Å². The molecule has 0 aliphatic heterocycles. The van der Waals surface area contributed by atoms with Gasteiger partial charge in [-0.1, -0.05) is 152 Å². The maximum atomic E-state index is 8.56. The van der Waals surface area contributed by atoms with Gasteiger partial charge in [-0.15, -0.1) is 0 Å². The quantitative estimate of drug-likeness (QED) is 0.122. The predicted molar refractivity (Wildman–Crippen MR) is 191 cm³/mol. The van der Waals surface area contributed by atoms with Crippen molar-refractivity contribution in [3.8, 4) is 22.3 Å². The van der Waals surface area contributed by atoms with Gasteiger partial charge in [0.25, 0.3) is 0 Å². The van der Waals surface area contributed by atoms with E-state index in [0.717, 1.165) is 38.6 Å². The average molecular weight is 576 g/mol. The third-order valence-corrected chi connectivity index (χ3v) is 8.74. The molecule has 0 spiro atoms. The summed E-state index contributed by atoms with van der Waals surface area (Å²) in [5.41, 5.74) is 12.5. The summed E-state index contributed by atoms with van der Waals surface area (Å²) in [6.45, 7) is 0. The van der Waals surface area contributed by atoms with Crippen molar-refractivity contribution in [1.29, 1.82) is 5.41 Å². The van der Waals surface area contributed by atoms with Gasteiger partial charge in [-0.3, -0.25) is 5.41 Å². The van der Waals surface area contributed by atoms with Gasteiger partial charge >= 0.3 is 0 Å². The zero-order valence-corrected chi connectivity index (χ0v) is 24.5. The van der Waals surface area contributed by atoms with Crippen LogP contribution in [0.2, 0.25) is 0 Å². The fraction of sp³-hybridized carbons (Fsp3) is 0. The second-order valence-corrected chi connectivity index (χ2v) is 11.3. The van der Waals surface area contributed by atoms with Gasteiger partial charge in [-0.05, 0) is 65.8 Å². The molecule has 0 bridgehead atoms. The molecule has 3 N–H and O–H groups in total. The van der Waals surface area contributed by atoms with E-state index in [4.69, 9.17) is 11.1 Å². The third kappa shape index (κ3) is 4.62. The zero-order chi connectivity index (χ0) is 30.3. The van der Waals surface area contributed by atoms with Crippen molar-refractivity contribution >= 4 is 54.8 Å². The van der Waals surface area contributed by atoms with Gasteiger partial charge in [0.2, 0.25) is 0 Å². The number of fused-ring (bicyclic) bond motifs is 7. The molecule has 45 heavy (non-hydrogen) atoms. The van der Waals surface area contributed by atoms with Crippen LogP contribution >= 0.6 is 0 Å². The Bertz CT molecular complexity index is 2400. The molecule has 0 saturated carbocycles. The SMILES string of the molecule is N=C(/N=C(\N)c1ccc2ccccc2c1-c1ccc(-c2ccc3c4ccccc4c4ccccc4c3c2)cc1)c1ccccc1. The van der Waals surface area contributed by atoms with Crippen LogP contribution in [0.15, 0.2) is 163 Å². The van der Waals surface area contributed by atoms with Crippen LogP contribution in [0.1, 0.15) is 11.1 Å². The fourth-order valence-electron chi connectivity index (χ4n) is 6.55. The Labute approximate surface area is 261 Å². The van der Waals surface area contributed by atoms with Crippen molar-refractivity contribution in [1.82, 2.24) is 0 Å². The van der Waals surface area contributed by atoms with Crippen molar-refractivity contribution < 1.29 is 0 Å². The molecule has 8 rings (SSSR count). The Morgan fingerprint density at radius 1 is 0.444 bits per heavy atom. The maximum Gasteiger partial charge on any atom is 0.154 e. The van der Waals surface area contributed by atoms with Crippen LogP contribution in [0, 0.1) is 5.41 Å². The lowest BCUT2D eigenvalue weighted by molar-refractivity contribution is 1.40. The van der Waals surface area contributed by atoms with Gasteiger partial charge in [0.05, 0.1) is 0 Å². The summed E-state index contributed by atoms with van der Waals surface area (Å²) in [6.07, 6.45) is 0. The highest BCUT2D eigenvalue weighted by atomic mass is 14.9. The van der Waals surface area contributed by atoms with Crippen molar-refractivity contribution in [2.45, 2.75) is 0 Å². The first-order valence-electron chi connectivity index (χ1n) is 15.1. The second-order valence-electron chi connectivity index (χ2n) is 11.3. The Kier molecular flexibility index (Phi) is 6.43. The molecule has 0 aliphatic carbocycles. The lowest BCUT2D eigenvalue weighted by Crippen LogP contribution is -2.17. The average Bonchev–Trinajstić information content (AvgIpc) is 3.11. The molecule has 8 aromatic rings. The summed E-state index contributed by atoms with van der Waals surface area (Å²) in [6, 6.07) is 54.7. The zero-order valence-electron chi connectivity index (χ0n) is 24.5. The highest BCUT2D eigenvalue weighted by molar-refractivity contribution is 6.25. The number of benzene rings is 8. The number of nitrogens with zero attached hydrogens (tertiary/aromatic N) is 1. The standard InChI is InChI=1S/C42H29N3/c43-41(30-11-2-1-3-12-30)45-42(44)38-25-22-28-10-4-5-13-32(28)40(38)29-20-18-27(19-21-29)31-23-24-37-35-16-7-6-14-33(35)34-15-8-9-17-36(34)39(37)26-31/h1-26H,(H3,43,44,45). The monoisotopic (exact) mass is 575 g/mol. The highest BCUT2D eigenvalue weighted by Crippen LogP contribution is 2.38. The highest BCUT2D eigenvalue weighted by Gasteiger charge is 2.15. The molecule has 0 unspecified atom stereocenters. The molecular formula is C42H29N3. The fourth-order valence-corrected chi connectivity index (χ4v) is 6.55. The molecule has 0 radical (unpaired) electrons. The Morgan fingerprint density at radius 3 is 1.62 bits per heavy atom. The van der Waals surface area contributed by atoms with Crippen LogP contribution in [0.3, 0.4) is 0 Å². The van der Waals surface area contributed by atoms with Crippen molar-refractivity contribution in [2.24, 2.45) is 10.7 Å². The van der Waals surface area contributed by atoms with Gasteiger partial charge in [-0.25, -0.2) is 4.99 Å². The van der Waals surface area contributed by atoms with Gasteiger partial charge < -0.3 is 5.73 Å². The number of nitrogens with one attached hydrogen (secondary N) is 1. The van der Waals surface area contributed by atoms with E-state index in [1.165, 1.54) is 37.9 Å². The first-order valence-corrected chi connectivity index (χ1v) is 15.1. The number of nitrogens with two attached hydrogens (primary N) is 1. The van der Waals surface area contributed by atoms with Crippen LogP contribution in [-0.2, 0) is 0 Å². The maximum absolute atomic E-state index is 8.56. The first kappa shape index (κ1) is 26.6. The molecule has 212 valence electrons. The van der Waals surface area contributed by atoms with Gasteiger partial charge in [0.1, 0.15) is 5.84 Å². The first-order chi connectivity index (χ1) is 22.2. The van der Waals surface area contributed by atoms with Crippen molar-refractivity contribution in [3.63, 3.8) is 0 Å². The smallest absolute Gasteiger partial charge is 0.154 e. The predicted octanol–water partition coefficient (Wildman–Crippen LogP) is 10.4. The molecule has 8 aromatic carbocycles. The van der Waals surface area contributed by atoms with Crippen LogP contribution < -0.4 is 5.73 Å². The van der Waals surface area contributed by atoms with E-state index in [1.54, 1.807) is 0 Å². The Morgan fingerprint density at radius 2 is 0.956 bits per heavy atom. The van der Waals surface area contributed by atoms with Gasteiger partial charge in [0.15, 0.2) is 5.84 Å². The Balaban J connectivity index is 1.24. The lowest BCUT2D eigenvalue weighted by Gasteiger charge is -2.15. The van der Waals surface area contributed by atoms with E-state index < -0.39 is 0 Å². The second kappa shape index (κ2) is 10.9. The molecule has 0 saturated heterocycles. The molecule has 0 atom stereocenters. The van der Waals surface area contributed by atoms with E-state index in [9.17, 15) is 0 Å². The minimum atomic E-state index is 0.138. The molecule has 3 nitrogen and oxygen atoms in total. The number of amidine groups is 2. The summed E-state index contributed by atoms with van der Waals surface area (Å²) in [4.78, 5) is 4.53. The summed E-state index contributed by atoms with van der Waals surface area (Å²) in [5, 5.41) is 18.4. The van der Waals surface area contributed by atoms with E-state index in [0.29, 0.717) is 5.84 Å². The molecule has 0 heterocycles. The third-order valence-electron chi connectivity index (χ3n) is 8.74. The summed E-state index contributed by atoms with van der Waals surface area (Å²) < 4.78 is 0. The van der Waals surface area contributed by atoms with E-state index in [2.05, 4.69) is 114 Å². The number of hydrogen-bond donors (Lipinski definition) is 2. The van der Waals surface area contributed by atoms with Crippen LogP contribution in [0.4, 0.5) is 0 Å². The topological polar surface area (TPSA) is 62.2 Å². The minimum absolute atomic E-state index is 0.138. The summed E-state index contributed by atoms with van der Waals surface area (Å²) >= 11 is 0. The molecule has 0 amide bonds. The van der Waals surface area contributed by atoms with Crippen LogP contribution in [-0.4, -0.2) is 11.7 Å². The van der Waals surface area contributed by atoms with Crippen LogP contribution in [0.5, 0.6) is 0 Å². The van der Waals surface area contributed by atoms with Crippen molar-refractivity contribution in [3.05, 3.63) is 169 Å². The molecule has 3 heteroatoms. The van der Waals surface area contributed by atoms with E-state index in [1.807, 2.05) is 48.5 Å². The number of aliphatic imine (C=N–C) groups is 1. The van der Waals surface area contributed by atoms with E-state index in [-0.39, 0.29) is 5.84 Å². The van der Waals surface area contributed by atoms with E-state index >= 15 is 0 Å². The molecule has 0 aromatic heterocycles. The van der Waals surface area contributed by atoms with Gasteiger partial charge in [0, 0.05) is 16.7 Å². The largest absolute Gasteiger partial charge is 0.383 e. The number of rotatable bonds is 4. The lowest BCUT2D eigenvalue weighted by atomic mass is 9.90.